The zero-order valence-electron chi connectivity index (χ0n) is 8.96. The van der Waals surface area contributed by atoms with Crippen LogP contribution < -0.4 is 0 Å². The first-order chi connectivity index (χ1) is 7.52. The first kappa shape index (κ1) is 16.7. The molecule has 0 heterocycles. The van der Waals surface area contributed by atoms with Crippen LogP contribution in [0.15, 0.2) is 30.3 Å². The zero-order valence-corrected chi connectivity index (χ0v) is 8.96. The Labute approximate surface area is 140 Å². The second-order valence-corrected chi connectivity index (χ2v) is 3.78. The Bertz CT molecular complexity index is 363. The number of aliphatic carboxylic acids is 2. The number of carboxylic acid groups (broad SMARTS) is 2. The summed E-state index contributed by atoms with van der Waals surface area (Å²) in [7, 11) is 0. The molecule has 2 N–H and O–H groups in total. The van der Waals surface area contributed by atoms with Gasteiger partial charge in [-0.25, -0.2) is 0 Å². The average molecular weight is 362 g/mol. The summed E-state index contributed by atoms with van der Waals surface area (Å²) in [4.78, 5) is 21.5. The molecule has 17 heavy (non-hydrogen) atoms. The summed E-state index contributed by atoms with van der Waals surface area (Å²) in [5.41, 5.74) is 0.954. The van der Waals surface area contributed by atoms with Crippen molar-refractivity contribution >= 4 is 60.8 Å². The van der Waals surface area contributed by atoms with E-state index >= 15 is 0 Å². The van der Waals surface area contributed by atoms with Crippen molar-refractivity contribution in [3.8, 4) is 0 Å². The third-order valence-corrected chi connectivity index (χ3v) is 2.55. The Morgan fingerprint density at radius 1 is 1.12 bits per heavy atom. The first-order valence-corrected chi connectivity index (χ1v) is 5.03. The molecule has 90 valence electrons. The number of carboxylic acids is 2. The van der Waals surface area contributed by atoms with Crippen molar-refractivity contribution in [1.82, 2.24) is 0 Å². The Morgan fingerprint density at radius 2 is 1.59 bits per heavy atom. The van der Waals surface area contributed by atoms with Crippen LogP contribution in [0.25, 0.3) is 0 Å². The minimum atomic E-state index is -1.34. The normalized spacial score (nSPS) is 11.6. The molecule has 0 saturated carbocycles. The summed E-state index contributed by atoms with van der Waals surface area (Å²) in [6, 6.07) is 9.30. The van der Waals surface area contributed by atoms with Crippen LogP contribution in [-0.2, 0) is 9.59 Å². The van der Waals surface area contributed by atoms with Gasteiger partial charge in [0.25, 0.3) is 0 Å². The van der Waals surface area contributed by atoms with E-state index in [2.05, 4.69) is 0 Å². The number of hydrogen-bond donors (Lipinski definition) is 2. The predicted octanol–water partition coefficient (Wildman–Crippen LogP) is 1.05. The Balaban J connectivity index is 0.00000256. The van der Waals surface area contributed by atoms with Crippen molar-refractivity contribution in [2.24, 2.45) is 5.92 Å². The van der Waals surface area contributed by atoms with Crippen LogP contribution in [0.3, 0.4) is 0 Å². The fourth-order valence-electron chi connectivity index (χ4n) is 1.58. The zero-order chi connectivity index (χ0) is 12.1. The van der Waals surface area contributed by atoms with Crippen molar-refractivity contribution in [3.63, 3.8) is 0 Å². The van der Waals surface area contributed by atoms with Gasteiger partial charge in [-0.15, -0.1) is 0 Å². The van der Waals surface area contributed by atoms with E-state index in [1.165, 1.54) is 0 Å². The molecule has 1 aromatic carbocycles. The Morgan fingerprint density at radius 3 is 2.00 bits per heavy atom. The molecule has 1 unspecified atom stereocenters. The SMILES string of the molecule is CC(CC(C(=O)O)C(=O)O)c1ccccc1.[BaH2]. The van der Waals surface area contributed by atoms with E-state index in [1.54, 1.807) is 0 Å². The monoisotopic (exact) mass is 362 g/mol. The number of hydrogen-bond acceptors (Lipinski definition) is 2. The first-order valence-electron chi connectivity index (χ1n) is 5.03. The third-order valence-electron chi connectivity index (χ3n) is 2.55. The summed E-state index contributed by atoms with van der Waals surface area (Å²) in [6.45, 7) is 1.83. The van der Waals surface area contributed by atoms with Crippen LogP contribution in [0.1, 0.15) is 24.8 Å². The van der Waals surface area contributed by atoms with Gasteiger partial charge in [0, 0.05) is 0 Å². The number of carbonyl (C=O) groups is 2. The quantitative estimate of drug-likeness (QED) is 0.607. The Kier molecular flexibility index (Phi) is 7.82. The van der Waals surface area contributed by atoms with Crippen molar-refractivity contribution in [2.45, 2.75) is 19.3 Å². The minimum absolute atomic E-state index is 0. The maximum atomic E-state index is 10.7. The molecule has 0 amide bonds. The van der Waals surface area contributed by atoms with E-state index in [4.69, 9.17) is 10.2 Å². The average Bonchev–Trinajstić information content (AvgIpc) is 2.25. The second kappa shape index (κ2) is 7.94. The van der Waals surface area contributed by atoms with Gasteiger partial charge in [-0.1, -0.05) is 37.3 Å². The van der Waals surface area contributed by atoms with Gasteiger partial charge in [-0.3, -0.25) is 9.59 Å². The van der Waals surface area contributed by atoms with Crippen LogP contribution in [0, 0.1) is 5.92 Å². The van der Waals surface area contributed by atoms with E-state index in [0.29, 0.717) is 0 Å². The standard InChI is InChI=1S/C12H14O4.Ba.2H/c1-8(9-5-3-2-4-6-9)7-10(11(13)14)12(15)16;;;/h2-6,8,10H,7H2,1H3,(H,13,14)(H,15,16);;;. The van der Waals surface area contributed by atoms with E-state index < -0.39 is 17.9 Å². The molecular formula is C12H16BaO4. The number of benzene rings is 1. The van der Waals surface area contributed by atoms with E-state index in [-0.39, 0.29) is 61.2 Å². The fourth-order valence-corrected chi connectivity index (χ4v) is 1.58. The molecule has 0 aliphatic carbocycles. The molecule has 1 atom stereocenters. The van der Waals surface area contributed by atoms with Crippen LogP contribution in [0.5, 0.6) is 0 Å². The summed E-state index contributed by atoms with van der Waals surface area (Å²) in [6.07, 6.45) is 0.106. The molecule has 4 nitrogen and oxygen atoms in total. The third kappa shape index (κ3) is 5.27. The Hall–Kier alpha value is -0.269. The molecular weight excluding hydrogens is 345 g/mol. The number of rotatable bonds is 5. The van der Waals surface area contributed by atoms with Gasteiger partial charge in [0.05, 0.1) is 0 Å². The van der Waals surface area contributed by atoms with Crippen molar-refractivity contribution in [1.29, 1.82) is 0 Å². The van der Waals surface area contributed by atoms with Gasteiger partial charge in [-0.05, 0) is 17.9 Å². The summed E-state index contributed by atoms with van der Waals surface area (Å²) in [5, 5.41) is 17.5. The molecule has 5 heteroatoms. The van der Waals surface area contributed by atoms with E-state index in [0.717, 1.165) is 5.56 Å². The maximum absolute atomic E-state index is 10.7. The topological polar surface area (TPSA) is 74.6 Å². The van der Waals surface area contributed by atoms with Gasteiger partial charge in [0.1, 0.15) is 0 Å². The van der Waals surface area contributed by atoms with Crippen molar-refractivity contribution in [3.05, 3.63) is 35.9 Å². The molecule has 0 fully saturated rings. The van der Waals surface area contributed by atoms with E-state index in [9.17, 15) is 9.59 Å². The molecule has 1 rings (SSSR count). The van der Waals surface area contributed by atoms with Gasteiger partial charge in [-0.2, -0.15) is 0 Å². The predicted molar refractivity (Wildman–Crippen MR) is 66.8 cm³/mol. The molecule has 0 aliphatic rings. The van der Waals surface area contributed by atoms with Crippen LogP contribution >= 0.6 is 0 Å². The molecule has 0 bridgehead atoms. The fraction of sp³-hybridized carbons (Fsp3) is 0.333. The van der Waals surface area contributed by atoms with Crippen LogP contribution in [0.2, 0.25) is 0 Å². The summed E-state index contributed by atoms with van der Waals surface area (Å²) < 4.78 is 0. The molecule has 0 aromatic heterocycles. The van der Waals surface area contributed by atoms with Gasteiger partial charge in [0.2, 0.25) is 0 Å². The summed E-state index contributed by atoms with van der Waals surface area (Å²) >= 11 is 0. The van der Waals surface area contributed by atoms with Gasteiger partial charge < -0.3 is 10.2 Å². The van der Waals surface area contributed by atoms with Crippen LogP contribution in [0.4, 0.5) is 0 Å². The summed E-state index contributed by atoms with van der Waals surface area (Å²) in [5.74, 6) is -3.99. The van der Waals surface area contributed by atoms with Crippen molar-refractivity contribution in [2.75, 3.05) is 0 Å². The second-order valence-electron chi connectivity index (χ2n) is 3.78. The van der Waals surface area contributed by atoms with Gasteiger partial charge in [0.15, 0.2) is 5.92 Å². The molecule has 0 aliphatic heterocycles. The van der Waals surface area contributed by atoms with Crippen molar-refractivity contribution < 1.29 is 19.8 Å². The molecule has 1 aromatic rings. The van der Waals surface area contributed by atoms with Gasteiger partial charge >= 0.3 is 60.8 Å². The molecule has 0 saturated heterocycles. The van der Waals surface area contributed by atoms with E-state index in [1.807, 2.05) is 37.3 Å². The molecule has 0 radical (unpaired) electrons. The molecule has 0 spiro atoms. The van der Waals surface area contributed by atoms with Crippen LogP contribution in [-0.4, -0.2) is 71.0 Å².